The van der Waals surface area contributed by atoms with Gasteiger partial charge in [0.15, 0.2) is 5.82 Å². The Morgan fingerprint density at radius 1 is 1.26 bits per heavy atom. The van der Waals surface area contributed by atoms with Crippen molar-refractivity contribution in [3.8, 4) is 5.82 Å². The van der Waals surface area contributed by atoms with E-state index >= 15 is 0 Å². The molecule has 2 N–H and O–H groups in total. The average molecular weight is 582 g/mol. The molecule has 1 unspecified atom stereocenters. The van der Waals surface area contributed by atoms with Crippen LogP contribution in [0.1, 0.15) is 33.3 Å². The summed E-state index contributed by atoms with van der Waals surface area (Å²) in [7, 11) is 0. The zero-order valence-corrected chi connectivity index (χ0v) is 21.6. The van der Waals surface area contributed by atoms with Crippen LogP contribution >= 0.6 is 39.1 Å². The predicted octanol–water partition coefficient (Wildman–Crippen LogP) is 3.79. The van der Waals surface area contributed by atoms with E-state index in [1.54, 1.807) is 32.0 Å². The molecule has 1 aliphatic heterocycles. The second-order valence-corrected chi connectivity index (χ2v) is 9.18. The Balaban J connectivity index is 1.65. The number of rotatable bonds is 6. The highest BCUT2D eigenvalue weighted by atomic mass is 79.9. The minimum absolute atomic E-state index is 0.0116. The van der Waals surface area contributed by atoms with Crippen LogP contribution < -0.4 is 10.6 Å². The Morgan fingerprint density at radius 3 is 2.71 bits per heavy atom. The molecule has 3 amide bonds. The summed E-state index contributed by atoms with van der Waals surface area (Å²) in [5.74, 6) is -1.25. The lowest BCUT2D eigenvalue weighted by Gasteiger charge is -2.17. The van der Waals surface area contributed by atoms with Crippen LogP contribution in [0.4, 0.5) is 5.69 Å². The zero-order valence-electron chi connectivity index (χ0n) is 18.5. The summed E-state index contributed by atoms with van der Waals surface area (Å²) >= 11 is 15.7. The van der Waals surface area contributed by atoms with Gasteiger partial charge in [-0.05, 0) is 59.6 Å². The molecule has 1 fully saturated rings. The standard InChI is InChI=1S/C22H19BrCl2N6O4/c1-3-30-22(34)15(10-35-30)27-20(32)13-8-12(24)7-11(2)18(13)28-21(33)16-9-17(23)29-31(16)19-14(25)5-4-6-26-19/h4-9,15H,3,10H2,1-2H3,(H,27,32)(H,28,33). The van der Waals surface area contributed by atoms with Gasteiger partial charge in [0, 0.05) is 23.8 Å². The number of pyridine rings is 1. The largest absolute Gasteiger partial charge is 0.338 e. The van der Waals surface area contributed by atoms with Crippen molar-refractivity contribution in [1.29, 1.82) is 0 Å². The fourth-order valence-corrected chi connectivity index (χ4v) is 4.38. The van der Waals surface area contributed by atoms with Gasteiger partial charge in [-0.2, -0.15) is 5.10 Å². The molecule has 10 nitrogen and oxygen atoms in total. The first-order valence-electron chi connectivity index (χ1n) is 10.4. The van der Waals surface area contributed by atoms with Gasteiger partial charge in [-0.1, -0.05) is 23.2 Å². The molecule has 0 bridgehead atoms. The molecule has 3 aromatic rings. The molecule has 0 saturated carbocycles. The minimum Gasteiger partial charge on any atom is -0.338 e. The van der Waals surface area contributed by atoms with E-state index in [1.165, 1.54) is 28.1 Å². The highest BCUT2D eigenvalue weighted by Crippen LogP contribution is 2.28. The molecule has 1 atom stereocenters. The van der Waals surface area contributed by atoms with Crippen molar-refractivity contribution in [2.24, 2.45) is 0 Å². The lowest BCUT2D eigenvalue weighted by Crippen LogP contribution is -2.42. The lowest BCUT2D eigenvalue weighted by molar-refractivity contribution is -0.160. The maximum atomic E-state index is 13.3. The molecule has 0 aliphatic carbocycles. The van der Waals surface area contributed by atoms with Gasteiger partial charge in [0.05, 0.1) is 16.3 Å². The third-order valence-electron chi connectivity index (χ3n) is 5.17. The van der Waals surface area contributed by atoms with Gasteiger partial charge >= 0.3 is 0 Å². The van der Waals surface area contributed by atoms with Crippen LogP contribution in [0, 0.1) is 6.92 Å². The number of anilines is 1. The maximum absolute atomic E-state index is 13.3. The topological polar surface area (TPSA) is 118 Å². The van der Waals surface area contributed by atoms with Gasteiger partial charge in [0.2, 0.25) is 0 Å². The molecule has 1 saturated heterocycles. The first-order valence-corrected chi connectivity index (χ1v) is 12.0. The summed E-state index contributed by atoms with van der Waals surface area (Å²) < 4.78 is 1.68. The van der Waals surface area contributed by atoms with Crippen molar-refractivity contribution in [3.05, 3.63) is 68.0 Å². The number of carbonyl (C=O) groups is 3. The van der Waals surface area contributed by atoms with Crippen molar-refractivity contribution < 1.29 is 19.2 Å². The first-order chi connectivity index (χ1) is 16.7. The third kappa shape index (κ3) is 5.18. The van der Waals surface area contributed by atoms with Crippen LogP contribution in [0.15, 0.2) is 41.1 Å². The van der Waals surface area contributed by atoms with Crippen LogP contribution in [0.3, 0.4) is 0 Å². The molecule has 0 radical (unpaired) electrons. The molecule has 0 spiro atoms. The Labute approximate surface area is 218 Å². The monoisotopic (exact) mass is 580 g/mol. The van der Waals surface area contributed by atoms with Crippen LogP contribution in [0.2, 0.25) is 10.0 Å². The van der Waals surface area contributed by atoms with Crippen LogP contribution in [-0.2, 0) is 9.63 Å². The van der Waals surface area contributed by atoms with E-state index in [4.69, 9.17) is 28.0 Å². The van der Waals surface area contributed by atoms with Crippen molar-refractivity contribution in [2.75, 3.05) is 18.5 Å². The second-order valence-electron chi connectivity index (χ2n) is 7.53. The number of amides is 3. The molecule has 13 heteroatoms. The van der Waals surface area contributed by atoms with Crippen molar-refractivity contribution in [1.82, 2.24) is 25.1 Å². The number of hydrogen-bond donors (Lipinski definition) is 2. The molecular weight excluding hydrogens is 563 g/mol. The number of hydroxylamine groups is 2. The Morgan fingerprint density at radius 2 is 2.03 bits per heavy atom. The van der Waals surface area contributed by atoms with Crippen LogP contribution in [-0.4, -0.2) is 56.7 Å². The number of aryl methyl sites for hydroxylation is 1. The van der Waals surface area contributed by atoms with Crippen molar-refractivity contribution >= 4 is 62.5 Å². The highest BCUT2D eigenvalue weighted by molar-refractivity contribution is 9.10. The summed E-state index contributed by atoms with van der Waals surface area (Å²) in [6, 6.07) is 6.96. The smallest absolute Gasteiger partial charge is 0.274 e. The van der Waals surface area contributed by atoms with Gasteiger partial charge in [-0.3, -0.25) is 19.2 Å². The number of aromatic nitrogens is 3. The molecule has 2 aromatic heterocycles. The molecule has 1 aromatic carbocycles. The summed E-state index contributed by atoms with van der Waals surface area (Å²) in [4.78, 5) is 48.3. The molecule has 1 aliphatic rings. The van der Waals surface area contributed by atoms with E-state index in [0.717, 1.165) is 0 Å². The Kier molecular flexibility index (Phi) is 7.41. The summed E-state index contributed by atoms with van der Waals surface area (Å²) in [6.45, 7) is 3.82. The van der Waals surface area contributed by atoms with E-state index in [1.807, 2.05) is 0 Å². The van der Waals surface area contributed by atoms with Gasteiger partial charge in [-0.25, -0.2) is 14.7 Å². The maximum Gasteiger partial charge on any atom is 0.274 e. The van der Waals surface area contributed by atoms with E-state index < -0.39 is 17.9 Å². The predicted molar refractivity (Wildman–Crippen MR) is 133 cm³/mol. The van der Waals surface area contributed by atoms with Gasteiger partial charge in [0.1, 0.15) is 22.9 Å². The number of halogens is 3. The quantitative estimate of drug-likeness (QED) is 0.457. The fraction of sp³-hybridized carbons (Fsp3) is 0.227. The van der Waals surface area contributed by atoms with E-state index in [-0.39, 0.29) is 35.3 Å². The normalized spacial score (nSPS) is 15.4. The number of likely N-dealkylation sites (N-methyl/N-ethyl adjacent to an activating group) is 1. The third-order valence-corrected chi connectivity index (χ3v) is 6.07. The molecule has 4 rings (SSSR count). The second kappa shape index (κ2) is 10.3. The van der Waals surface area contributed by atoms with E-state index in [0.29, 0.717) is 26.8 Å². The SMILES string of the molecule is CCN1OCC(NC(=O)c2cc(Cl)cc(C)c2NC(=O)c2cc(Br)nn2-c2ncccc2Cl)C1=O. The molecule has 35 heavy (non-hydrogen) atoms. The van der Waals surface area contributed by atoms with Gasteiger partial charge in [-0.15, -0.1) is 0 Å². The summed E-state index contributed by atoms with van der Waals surface area (Å²) in [5, 5.41) is 11.4. The average Bonchev–Trinajstić information content (AvgIpc) is 3.37. The molecule has 182 valence electrons. The Hall–Kier alpha value is -2.99. The van der Waals surface area contributed by atoms with Crippen molar-refractivity contribution in [2.45, 2.75) is 19.9 Å². The van der Waals surface area contributed by atoms with Crippen molar-refractivity contribution in [3.63, 3.8) is 0 Å². The minimum atomic E-state index is -0.853. The number of nitrogens with one attached hydrogen (secondary N) is 2. The number of carbonyl (C=O) groups excluding carboxylic acids is 3. The van der Waals surface area contributed by atoms with Crippen LogP contribution in [0.25, 0.3) is 5.82 Å². The number of hydrogen-bond acceptors (Lipinski definition) is 6. The Bertz CT molecular complexity index is 1330. The highest BCUT2D eigenvalue weighted by Gasteiger charge is 2.34. The van der Waals surface area contributed by atoms with E-state index in [9.17, 15) is 14.4 Å². The van der Waals surface area contributed by atoms with Gasteiger partial charge < -0.3 is 10.6 Å². The van der Waals surface area contributed by atoms with Gasteiger partial charge in [0.25, 0.3) is 17.7 Å². The summed E-state index contributed by atoms with van der Waals surface area (Å²) in [5.41, 5.74) is 0.982. The van der Waals surface area contributed by atoms with E-state index in [2.05, 4.69) is 36.6 Å². The lowest BCUT2D eigenvalue weighted by atomic mass is 10.1. The number of benzene rings is 1. The summed E-state index contributed by atoms with van der Waals surface area (Å²) in [6.07, 6.45) is 1.53. The van der Waals surface area contributed by atoms with Crippen LogP contribution in [0.5, 0.6) is 0 Å². The molecule has 3 heterocycles. The fourth-order valence-electron chi connectivity index (χ4n) is 3.53. The first kappa shape index (κ1) is 25.1. The number of nitrogens with zero attached hydrogens (tertiary/aromatic N) is 4. The molecular formula is C22H19BrCl2N6O4. The zero-order chi connectivity index (χ0) is 25.3.